The van der Waals surface area contributed by atoms with Crippen molar-refractivity contribution in [2.45, 2.75) is 6.92 Å². The number of hydrogen-bond donors (Lipinski definition) is 0. The number of hydrogen-bond acceptors (Lipinski definition) is 3. The van der Waals surface area contributed by atoms with Gasteiger partial charge in [0, 0.05) is 22.3 Å². The van der Waals surface area contributed by atoms with Crippen molar-refractivity contribution >= 4 is 28.9 Å². The van der Waals surface area contributed by atoms with Crippen LogP contribution in [-0.4, -0.2) is 9.91 Å². The van der Waals surface area contributed by atoms with E-state index in [9.17, 15) is 10.1 Å². The molecule has 0 aliphatic rings. The predicted molar refractivity (Wildman–Crippen MR) is 71.1 cm³/mol. The van der Waals surface area contributed by atoms with E-state index in [0.29, 0.717) is 21.2 Å². The van der Waals surface area contributed by atoms with E-state index in [2.05, 4.69) is 4.98 Å². The highest BCUT2D eigenvalue weighted by Crippen LogP contribution is 2.35. The summed E-state index contributed by atoms with van der Waals surface area (Å²) in [6.45, 7) is 1.66. The molecule has 0 saturated heterocycles. The maximum absolute atomic E-state index is 11.1. The van der Waals surface area contributed by atoms with E-state index < -0.39 is 4.92 Å². The van der Waals surface area contributed by atoms with Crippen molar-refractivity contribution in [1.82, 2.24) is 4.98 Å². The zero-order valence-electron chi connectivity index (χ0n) is 9.35. The highest BCUT2D eigenvalue weighted by atomic mass is 35.5. The minimum absolute atomic E-state index is 0.0401. The van der Waals surface area contributed by atoms with Gasteiger partial charge in [0.25, 0.3) is 5.69 Å². The summed E-state index contributed by atoms with van der Waals surface area (Å²) in [4.78, 5) is 14.7. The fourth-order valence-electron chi connectivity index (χ4n) is 1.66. The van der Waals surface area contributed by atoms with Gasteiger partial charge in [-0.1, -0.05) is 23.2 Å². The summed E-state index contributed by atoms with van der Waals surface area (Å²) >= 11 is 11.8. The molecule has 0 N–H and O–H groups in total. The standard InChI is InChI=1S/C12H8Cl2N2O2/c1-7-4-5-15-11(12(7)16(17)18)9-3-2-8(13)6-10(9)14/h2-6H,1H3. The summed E-state index contributed by atoms with van der Waals surface area (Å²) in [7, 11) is 0. The summed E-state index contributed by atoms with van der Waals surface area (Å²) < 4.78 is 0. The zero-order chi connectivity index (χ0) is 13.3. The lowest BCUT2D eigenvalue weighted by Crippen LogP contribution is -1.97. The molecular weight excluding hydrogens is 275 g/mol. The number of aromatic nitrogens is 1. The first kappa shape index (κ1) is 12.8. The van der Waals surface area contributed by atoms with Crippen LogP contribution in [0.15, 0.2) is 30.5 Å². The van der Waals surface area contributed by atoms with Gasteiger partial charge in [-0.3, -0.25) is 10.1 Å². The molecule has 0 radical (unpaired) electrons. The molecule has 4 nitrogen and oxygen atoms in total. The summed E-state index contributed by atoms with van der Waals surface area (Å²) in [6, 6.07) is 6.37. The summed E-state index contributed by atoms with van der Waals surface area (Å²) in [5.74, 6) is 0. The van der Waals surface area contributed by atoms with Crippen LogP contribution in [0.1, 0.15) is 5.56 Å². The summed E-state index contributed by atoms with van der Waals surface area (Å²) in [5.41, 5.74) is 1.25. The molecular formula is C12H8Cl2N2O2. The Morgan fingerprint density at radius 2 is 2.00 bits per heavy atom. The topological polar surface area (TPSA) is 56.0 Å². The average molecular weight is 283 g/mol. The van der Waals surface area contributed by atoms with Crippen molar-refractivity contribution in [1.29, 1.82) is 0 Å². The van der Waals surface area contributed by atoms with Crippen molar-refractivity contribution in [3.63, 3.8) is 0 Å². The number of nitrogens with zero attached hydrogens (tertiary/aromatic N) is 2. The lowest BCUT2D eigenvalue weighted by atomic mass is 10.1. The van der Waals surface area contributed by atoms with E-state index >= 15 is 0 Å². The van der Waals surface area contributed by atoms with Gasteiger partial charge in [0.15, 0.2) is 0 Å². The molecule has 92 valence electrons. The SMILES string of the molecule is Cc1ccnc(-c2ccc(Cl)cc2Cl)c1[N+](=O)[O-]. The Morgan fingerprint density at radius 3 is 2.61 bits per heavy atom. The molecule has 1 aromatic carbocycles. The molecule has 0 aliphatic heterocycles. The number of halogens is 2. The molecule has 2 rings (SSSR count). The van der Waals surface area contributed by atoms with Crippen molar-refractivity contribution in [3.05, 3.63) is 56.2 Å². The predicted octanol–water partition coefficient (Wildman–Crippen LogP) is 4.27. The molecule has 0 fully saturated rings. The normalized spacial score (nSPS) is 10.4. The van der Waals surface area contributed by atoms with Crippen LogP contribution < -0.4 is 0 Å². The Morgan fingerprint density at radius 1 is 1.28 bits per heavy atom. The third kappa shape index (κ3) is 2.30. The van der Waals surface area contributed by atoms with Crippen LogP contribution in [-0.2, 0) is 0 Å². The van der Waals surface area contributed by atoms with Crippen LogP contribution in [0.25, 0.3) is 11.3 Å². The third-order valence-electron chi connectivity index (χ3n) is 2.49. The monoisotopic (exact) mass is 282 g/mol. The lowest BCUT2D eigenvalue weighted by Gasteiger charge is -2.06. The number of rotatable bonds is 2. The Bertz CT molecular complexity index is 629. The summed E-state index contributed by atoms with van der Waals surface area (Å²) in [6.07, 6.45) is 1.52. The van der Waals surface area contributed by atoms with E-state index in [1.54, 1.807) is 25.1 Å². The molecule has 0 bridgehead atoms. The van der Waals surface area contributed by atoms with Gasteiger partial charge in [0.2, 0.25) is 0 Å². The van der Waals surface area contributed by atoms with E-state index in [0.717, 1.165) is 0 Å². The Hall–Kier alpha value is -1.65. The van der Waals surface area contributed by atoms with Crippen molar-refractivity contribution in [2.75, 3.05) is 0 Å². The minimum Gasteiger partial charge on any atom is -0.258 e. The number of aryl methyl sites for hydroxylation is 1. The van der Waals surface area contributed by atoms with Crippen LogP contribution >= 0.6 is 23.2 Å². The first-order valence-corrected chi connectivity index (χ1v) is 5.81. The quantitative estimate of drug-likeness (QED) is 0.610. The van der Waals surface area contributed by atoms with Crippen LogP contribution in [0.4, 0.5) is 5.69 Å². The largest absolute Gasteiger partial charge is 0.298 e. The molecule has 6 heteroatoms. The molecule has 0 saturated carbocycles. The summed E-state index contributed by atoms with van der Waals surface area (Å²) in [5, 5.41) is 11.9. The number of nitro groups is 1. The van der Waals surface area contributed by atoms with Gasteiger partial charge in [-0.25, -0.2) is 4.98 Å². The van der Waals surface area contributed by atoms with Crippen molar-refractivity contribution < 1.29 is 4.92 Å². The van der Waals surface area contributed by atoms with E-state index in [4.69, 9.17) is 23.2 Å². The van der Waals surface area contributed by atoms with Crippen molar-refractivity contribution in [2.24, 2.45) is 0 Å². The van der Waals surface area contributed by atoms with Gasteiger partial charge in [-0.2, -0.15) is 0 Å². The molecule has 1 aromatic heterocycles. The molecule has 0 atom stereocenters. The molecule has 0 aliphatic carbocycles. The second-order valence-electron chi connectivity index (χ2n) is 3.71. The van der Waals surface area contributed by atoms with Crippen LogP contribution in [0.2, 0.25) is 10.0 Å². The average Bonchev–Trinajstić information content (AvgIpc) is 2.28. The van der Waals surface area contributed by atoms with E-state index in [-0.39, 0.29) is 11.4 Å². The van der Waals surface area contributed by atoms with Crippen LogP contribution in [0.5, 0.6) is 0 Å². The third-order valence-corrected chi connectivity index (χ3v) is 3.04. The smallest absolute Gasteiger partial charge is 0.258 e. The van der Waals surface area contributed by atoms with Crippen LogP contribution in [0.3, 0.4) is 0 Å². The molecule has 0 amide bonds. The van der Waals surface area contributed by atoms with E-state index in [1.807, 2.05) is 0 Å². The number of pyridine rings is 1. The Kier molecular flexibility index (Phi) is 3.50. The maximum Gasteiger partial charge on any atom is 0.298 e. The highest BCUT2D eigenvalue weighted by Gasteiger charge is 2.21. The maximum atomic E-state index is 11.1. The molecule has 1 heterocycles. The van der Waals surface area contributed by atoms with Gasteiger partial charge in [0.1, 0.15) is 5.69 Å². The van der Waals surface area contributed by atoms with Crippen molar-refractivity contribution in [3.8, 4) is 11.3 Å². The Balaban J connectivity index is 2.71. The highest BCUT2D eigenvalue weighted by molar-refractivity contribution is 6.36. The first-order valence-electron chi connectivity index (χ1n) is 5.06. The second kappa shape index (κ2) is 4.92. The van der Waals surface area contributed by atoms with E-state index in [1.165, 1.54) is 12.3 Å². The van der Waals surface area contributed by atoms with Gasteiger partial charge < -0.3 is 0 Å². The van der Waals surface area contributed by atoms with Crippen LogP contribution in [0, 0.1) is 17.0 Å². The molecule has 2 aromatic rings. The van der Waals surface area contributed by atoms with Gasteiger partial charge in [-0.15, -0.1) is 0 Å². The lowest BCUT2D eigenvalue weighted by molar-refractivity contribution is -0.384. The van der Waals surface area contributed by atoms with Gasteiger partial charge in [-0.05, 0) is 31.2 Å². The first-order chi connectivity index (χ1) is 8.50. The second-order valence-corrected chi connectivity index (χ2v) is 4.55. The fraction of sp³-hybridized carbons (Fsp3) is 0.0833. The van der Waals surface area contributed by atoms with Gasteiger partial charge >= 0.3 is 0 Å². The zero-order valence-corrected chi connectivity index (χ0v) is 10.9. The minimum atomic E-state index is -0.456. The molecule has 0 unspecified atom stereocenters. The molecule has 18 heavy (non-hydrogen) atoms. The fourth-order valence-corrected chi connectivity index (χ4v) is 2.16. The number of benzene rings is 1. The Labute approximate surface area is 113 Å². The van der Waals surface area contributed by atoms with Gasteiger partial charge in [0.05, 0.1) is 9.95 Å². The molecule has 0 spiro atoms.